The molecule has 0 aliphatic heterocycles. The molecule has 1 aromatic carbocycles. The summed E-state index contributed by atoms with van der Waals surface area (Å²) in [5.41, 5.74) is 1.07. The van der Waals surface area contributed by atoms with E-state index < -0.39 is 0 Å². The van der Waals surface area contributed by atoms with E-state index in [-0.39, 0.29) is 6.04 Å². The van der Waals surface area contributed by atoms with Gasteiger partial charge in [0.15, 0.2) is 0 Å². The summed E-state index contributed by atoms with van der Waals surface area (Å²) in [5.74, 6) is 0.772. The van der Waals surface area contributed by atoms with Crippen molar-refractivity contribution in [1.82, 2.24) is 5.32 Å². The van der Waals surface area contributed by atoms with Crippen molar-refractivity contribution in [3.05, 3.63) is 28.8 Å². The third-order valence-corrected chi connectivity index (χ3v) is 2.75. The summed E-state index contributed by atoms with van der Waals surface area (Å²) < 4.78 is 10.4. The molecular weight excluding hydrogens is 226 g/mol. The van der Waals surface area contributed by atoms with Crippen LogP contribution in [0, 0.1) is 0 Å². The van der Waals surface area contributed by atoms with Crippen LogP contribution in [-0.4, -0.2) is 27.4 Å². The van der Waals surface area contributed by atoms with Crippen LogP contribution in [0.5, 0.6) is 5.75 Å². The molecule has 0 aliphatic carbocycles. The number of halogens is 1. The molecule has 1 aromatic rings. The SMILES string of the molecule is CNC(C)c1ccc(OCCOC)cc1Cl. The van der Waals surface area contributed by atoms with Crippen LogP contribution in [-0.2, 0) is 4.74 Å². The molecule has 0 radical (unpaired) electrons. The van der Waals surface area contributed by atoms with Crippen molar-refractivity contribution in [2.75, 3.05) is 27.4 Å². The maximum atomic E-state index is 6.16. The van der Waals surface area contributed by atoms with E-state index in [4.69, 9.17) is 21.1 Å². The largest absolute Gasteiger partial charge is 0.491 e. The maximum Gasteiger partial charge on any atom is 0.120 e. The van der Waals surface area contributed by atoms with Crippen LogP contribution in [0.3, 0.4) is 0 Å². The Labute approximate surface area is 102 Å². The molecule has 0 saturated heterocycles. The predicted octanol–water partition coefficient (Wildman–Crippen LogP) is 2.65. The summed E-state index contributed by atoms with van der Waals surface area (Å²) in [6.07, 6.45) is 0. The smallest absolute Gasteiger partial charge is 0.120 e. The Kier molecular flexibility index (Phi) is 5.60. The third-order valence-electron chi connectivity index (χ3n) is 2.43. The van der Waals surface area contributed by atoms with Crippen molar-refractivity contribution in [1.29, 1.82) is 0 Å². The highest BCUT2D eigenvalue weighted by molar-refractivity contribution is 6.31. The van der Waals surface area contributed by atoms with Crippen LogP contribution in [0.15, 0.2) is 18.2 Å². The van der Waals surface area contributed by atoms with E-state index in [0.29, 0.717) is 13.2 Å². The van der Waals surface area contributed by atoms with Gasteiger partial charge in [0.05, 0.1) is 6.61 Å². The minimum absolute atomic E-state index is 0.237. The lowest BCUT2D eigenvalue weighted by molar-refractivity contribution is 0.146. The van der Waals surface area contributed by atoms with E-state index in [1.165, 1.54) is 0 Å². The highest BCUT2D eigenvalue weighted by Crippen LogP contribution is 2.26. The zero-order valence-electron chi connectivity index (χ0n) is 9.92. The molecule has 1 atom stereocenters. The molecule has 0 fully saturated rings. The molecule has 1 unspecified atom stereocenters. The first kappa shape index (κ1) is 13.3. The molecule has 0 aliphatic rings. The van der Waals surface area contributed by atoms with Crippen molar-refractivity contribution >= 4 is 11.6 Å². The minimum atomic E-state index is 0.237. The van der Waals surface area contributed by atoms with Gasteiger partial charge in [0, 0.05) is 18.2 Å². The summed E-state index contributed by atoms with van der Waals surface area (Å²) >= 11 is 6.16. The first-order valence-electron chi connectivity index (χ1n) is 5.27. The Bertz CT molecular complexity index is 331. The third kappa shape index (κ3) is 3.67. The van der Waals surface area contributed by atoms with Crippen LogP contribution < -0.4 is 10.1 Å². The topological polar surface area (TPSA) is 30.5 Å². The molecule has 0 spiro atoms. The number of benzene rings is 1. The lowest BCUT2D eigenvalue weighted by Crippen LogP contribution is -2.12. The standard InChI is InChI=1S/C12H18ClNO2/c1-9(14-2)11-5-4-10(8-12(11)13)16-7-6-15-3/h4-5,8-9,14H,6-7H2,1-3H3. The average Bonchev–Trinajstić information content (AvgIpc) is 2.29. The molecule has 4 heteroatoms. The Hall–Kier alpha value is -0.770. The summed E-state index contributed by atoms with van der Waals surface area (Å²) in [5, 5.41) is 3.87. The highest BCUT2D eigenvalue weighted by atomic mass is 35.5. The molecular formula is C12H18ClNO2. The van der Waals surface area contributed by atoms with Crippen LogP contribution in [0.1, 0.15) is 18.5 Å². The average molecular weight is 244 g/mol. The highest BCUT2D eigenvalue weighted by Gasteiger charge is 2.08. The second kappa shape index (κ2) is 6.74. The monoisotopic (exact) mass is 243 g/mol. The zero-order valence-corrected chi connectivity index (χ0v) is 10.7. The minimum Gasteiger partial charge on any atom is -0.491 e. The van der Waals surface area contributed by atoms with E-state index in [1.54, 1.807) is 7.11 Å². The Balaban J connectivity index is 2.67. The fourth-order valence-electron chi connectivity index (χ4n) is 1.35. The lowest BCUT2D eigenvalue weighted by Gasteiger charge is -2.14. The van der Waals surface area contributed by atoms with Crippen LogP contribution in [0.25, 0.3) is 0 Å². The van der Waals surface area contributed by atoms with Crippen molar-refractivity contribution in [3.63, 3.8) is 0 Å². The Morgan fingerprint density at radius 1 is 1.38 bits per heavy atom. The number of ether oxygens (including phenoxy) is 2. The summed E-state index contributed by atoms with van der Waals surface area (Å²) in [4.78, 5) is 0. The van der Waals surface area contributed by atoms with Gasteiger partial charge in [-0.3, -0.25) is 0 Å². The molecule has 90 valence electrons. The van der Waals surface area contributed by atoms with Crippen LogP contribution in [0.2, 0.25) is 5.02 Å². The van der Waals surface area contributed by atoms with E-state index >= 15 is 0 Å². The summed E-state index contributed by atoms with van der Waals surface area (Å²) in [6, 6.07) is 5.97. The Morgan fingerprint density at radius 3 is 2.69 bits per heavy atom. The number of hydrogen-bond acceptors (Lipinski definition) is 3. The summed E-state index contributed by atoms with van der Waals surface area (Å²) in [6.45, 7) is 3.17. The van der Waals surface area contributed by atoms with Crippen LogP contribution in [0.4, 0.5) is 0 Å². The fourth-order valence-corrected chi connectivity index (χ4v) is 1.68. The number of hydrogen-bond donors (Lipinski definition) is 1. The van der Waals surface area contributed by atoms with Gasteiger partial charge in [-0.25, -0.2) is 0 Å². The van der Waals surface area contributed by atoms with Crippen LogP contribution >= 0.6 is 11.6 Å². The molecule has 1 rings (SSSR count). The number of rotatable bonds is 6. The molecule has 1 N–H and O–H groups in total. The predicted molar refractivity (Wildman–Crippen MR) is 66.3 cm³/mol. The van der Waals surface area contributed by atoms with Crippen molar-refractivity contribution in [3.8, 4) is 5.75 Å². The fraction of sp³-hybridized carbons (Fsp3) is 0.500. The van der Waals surface area contributed by atoms with Gasteiger partial charge < -0.3 is 14.8 Å². The van der Waals surface area contributed by atoms with Crippen molar-refractivity contribution in [2.45, 2.75) is 13.0 Å². The van der Waals surface area contributed by atoms with Gasteiger partial charge in [0.25, 0.3) is 0 Å². The lowest BCUT2D eigenvalue weighted by atomic mass is 10.1. The second-order valence-corrected chi connectivity index (χ2v) is 3.94. The number of methoxy groups -OCH3 is 1. The molecule has 0 aromatic heterocycles. The van der Waals surface area contributed by atoms with E-state index in [0.717, 1.165) is 16.3 Å². The van der Waals surface area contributed by atoms with Gasteiger partial charge in [-0.05, 0) is 31.7 Å². The van der Waals surface area contributed by atoms with Gasteiger partial charge in [-0.1, -0.05) is 17.7 Å². The van der Waals surface area contributed by atoms with E-state index in [2.05, 4.69) is 12.2 Å². The van der Waals surface area contributed by atoms with E-state index in [1.807, 2.05) is 25.2 Å². The molecule has 3 nitrogen and oxygen atoms in total. The molecule has 0 amide bonds. The quantitative estimate of drug-likeness (QED) is 0.780. The normalized spacial score (nSPS) is 12.5. The maximum absolute atomic E-state index is 6.16. The van der Waals surface area contributed by atoms with Gasteiger partial charge >= 0.3 is 0 Å². The molecule has 0 bridgehead atoms. The van der Waals surface area contributed by atoms with E-state index in [9.17, 15) is 0 Å². The van der Waals surface area contributed by atoms with Gasteiger partial charge in [0.2, 0.25) is 0 Å². The number of nitrogens with one attached hydrogen (secondary N) is 1. The van der Waals surface area contributed by atoms with Crippen molar-refractivity contribution < 1.29 is 9.47 Å². The molecule has 0 heterocycles. The van der Waals surface area contributed by atoms with Gasteiger partial charge in [-0.15, -0.1) is 0 Å². The molecule has 0 saturated carbocycles. The second-order valence-electron chi connectivity index (χ2n) is 3.53. The first-order valence-corrected chi connectivity index (χ1v) is 5.65. The summed E-state index contributed by atoms with van der Waals surface area (Å²) in [7, 11) is 3.55. The Morgan fingerprint density at radius 2 is 2.12 bits per heavy atom. The van der Waals surface area contributed by atoms with Gasteiger partial charge in [-0.2, -0.15) is 0 Å². The first-order chi connectivity index (χ1) is 7.69. The molecule has 16 heavy (non-hydrogen) atoms. The van der Waals surface area contributed by atoms with Gasteiger partial charge in [0.1, 0.15) is 12.4 Å². The van der Waals surface area contributed by atoms with Crippen molar-refractivity contribution in [2.24, 2.45) is 0 Å². The zero-order chi connectivity index (χ0) is 12.0.